The van der Waals surface area contributed by atoms with Crippen LogP contribution in [0.2, 0.25) is 0 Å². The lowest BCUT2D eigenvalue weighted by Gasteiger charge is -2.31. The van der Waals surface area contributed by atoms with Crippen molar-refractivity contribution in [3.8, 4) is 0 Å². The van der Waals surface area contributed by atoms with Crippen LogP contribution in [0.3, 0.4) is 0 Å². The average Bonchev–Trinajstić information content (AvgIpc) is 2.57. The van der Waals surface area contributed by atoms with Crippen molar-refractivity contribution < 1.29 is 9.90 Å². The molecule has 0 aromatic heterocycles. The fraction of sp³-hybridized carbons (Fsp3) is 0.933. The Kier molecular flexibility index (Phi) is 5.64. The van der Waals surface area contributed by atoms with Gasteiger partial charge in [0.15, 0.2) is 0 Å². The highest BCUT2D eigenvalue weighted by Gasteiger charge is 2.22. The number of rotatable bonds is 4. The first-order valence-corrected chi connectivity index (χ1v) is 7.80. The molecule has 4 heteroatoms. The number of aliphatic carboxylic acids is 1. The molecule has 0 radical (unpaired) electrons. The Morgan fingerprint density at radius 1 is 1.05 bits per heavy atom. The smallest absolute Gasteiger partial charge is 0.317 e. The van der Waals surface area contributed by atoms with Crippen LogP contribution in [0, 0.1) is 11.8 Å². The minimum atomic E-state index is -0.699. The first-order chi connectivity index (χ1) is 9.13. The number of carboxylic acid groups (broad SMARTS) is 1. The van der Waals surface area contributed by atoms with Crippen molar-refractivity contribution in [1.82, 2.24) is 9.80 Å². The van der Waals surface area contributed by atoms with Crippen LogP contribution < -0.4 is 0 Å². The van der Waals surface area contributed by atoms with E-state index in [9.17, 15) is 4.79 Å². The lowest BCUT2D eigenvalue weighted by molar-refractivity contribution is -0.138. The van der Waals surface area contributed by atoms with Gasteiger partial charge in [0.25, 0.3) is 0 Å². The molecule has 0 atom stereocenters. The van der Waals surface area contributed by atoms with E-state index in [1.165, 1.54) is 32.2 Å². The fourth-order valence-corrected chi connectivity index (χ4v) is 3.43. The van der Waals surface area contributed by atoms with Gasteiger partial charge < -0.3 is 10.0 Å². The molecule has 19 heavy (non-hydrogen) atoms. The maximum Gasteiger partial charge on any atom is 0.317 e. The first kappa shape index (κ1) is 14.8. The van der Waals surface area contributed by atoms with E-state index < -0.39 is 5.97 Å². The molecule has 1 aliphatic heterocycles. The molecule has 1 N–H and O–H groups in total. The Labute approximate surface area is 116 Å². The van der Waals surface area contributed by atoms with E-state index in [0.29, 0.717) is 0 Å². The number of hydrogen-bond acceptors (Lipinski definition) is 3. The van der Waals surface area contributed by atoms with Gasteiger partial charge in [-0.05, 0) is 37.6 Å². The summed E-state index contributed by atoms with van der Waals surface area (Å²) in [5.74, 6) is 1.10. The van der Waals surface area contributed by atoms with Gasteiger partial charge in [-0.25, -0.2) is 0 Å². The molecule has 1 saturated carbocycles. The van der Waals surface area contributed by atoms with Gasteiger partial charge in [-0.2, -0.15) is 0 Å². The minimum absolute atomic E-state index is 0.203. The Balaban J connectivity index is 1.72. The second kappa shape index (κ2) is 7.25. The molecule has 1 saturated heterocycles. The Morgan fingerprint density at radius 2 is 1.68 bits per heavy atom. The molecule has 0 unspecified atom stereocenters. The molecule has 1 heterocycles. The predicted octanol–water partition coefficient (Wildman–Crippen LogP) is 1.91. The quantitative estimate of drug-likeness (QED) is 0.846. The Hall–Kier alpha value is -0.610. The summed E-state index contributed by atoms with van der Waals surface area (Å²) in [7, 11) is 0. The van der Waals surface area contributed by atoms with Crippen LogP contribution >= 0.6 is 0 Å². The summed E-state index contributed by atoms with van der Waals surface area (Å²) in [5, 5.41) is 8.85. The van der Waals surface area contributed by atoms with E-state index in [0.717, 1.165) is 44.4 Å². The molecule has 2 fully saturated rings. The van der Waals surface area contributed by atoms with Crippen LogP contribution in [0.15, 0.2) is 0 Å². The van der Waals surface area contributed by atoms with Crippen LogP contribution in [-0.4, -0.2) is 60.1 Å². The maximum atomic E-state index is 10.8. The topological polar surface area (TPSA) is 43.8 Å². The van der Waals surface area contributed by atoms with Crippen molar-refractivity contribution in [2.45, 2.75) is 39.0 Å². The van der Waals surface area contributed by atoms with E-state index in [1.807, 2.05) is 0 Å². The van der Waals surface area contributed by atoms with Gasteiger partial charge in [-0.1, -0.05) is 19.8 Å². The van der Waals surface area contributed by atoms with Crippen molar-refractivity contribution in [3.63, 3.8) is 0 Å². The molecule has 1 aliphatic carbocycles. The van der Waals surface area contributed by atoms with Gasteiger partial charge in [-0.15, -0.1) is 0 Å². The van der Waals surface area contributed by atoms with Crippen molar-refractivity contribution in [3.05, 3.63) is 0 Å². The van der Waals surface area contributed by atoms with Gasteiger partial charge in [0.2, 0.25) is 0 Å². The summed E-state index contributed by atoms with van der Waals surface area (Å²) in [6.45, 7) is 7.83. The largest absolute Gasteiger partial charge is 0.480 e. The maximum absolute atomic E-state index is 10.8. The lowest BCUT2D eigenvalue weighted by atomic mass is 9.83. The number of carbonyl (C=O) groups is 1. The molecule has 0 spiro atoms. The molecule has 0 amide bonds. The van der Waals surface area contributed by atoms with Gasteiger partial charge in [0.05, 0.1) is 6.54 Å². The SMILES string of the molecule is CC1CCC(CN2CCCN(CC(=O)O)CC2)CC1. The third-order valence-electron chi connectivity index (χ3n) is 4.69. The van der Waals surface area contributed by atoms with Crippen LogP contribution in [0.4, 0.5) is 0 Å². The molecule has 0 aromatic carbocycles. The highest BCUT2D eigenvalue weighted by atomic mass is 16.4. The van der Waals surface area contributed by atoms with Crippen molar-refractivity contribution in [2.24, 2.45) is 11.8 Å². The fourth-order valence-electron chi connectivity index (χ4n) is 3.43. The molecule has 110 valence electrons. The van der Waals surface area contributed by atoms with Crippen LogP contribution in [0.5, 0.6) is 0 Å². The van der Waals surface area contributed by atoms with Gasteiger partial charge in [0.1, 0.15) is 0 Å². The summed E-state index contributed by atoms with van der Waals surface area (Å²) in [5.41, 5.74) is 0. The second-order valence-electron chi connectivity index (χ2n) is 6.45. The van der Waals surface area contributed by atoms with Gasteiger partial charge >= 0.3 is 5.97 Å². The minimum Gasteiger partial charge on any atom is -0.480 e. The van der Waals surface area contributed by atoms with Crippen molar-refractivity contribution in [1.29, 1.82) is 0 Å². The van der Waals surface area contributed by atoms with Crippen LogP contribution in [0.25, 0.3) is 0 Å². The third-order valence-corrected chi connectivity index (χ3v) is 4.69. The van der Waals surface area contributed by atoms with Crippen molar-refractivity contribution >= 4 is 5.97 Å². The van der Waals surface area contributed by atoms with Crippen LogP contribution in [-0.2, 0) is 4.79 Å². The standard InChI is InChI=1S/C15H28N2O2/c1-13-3-5-14(6-4-13)11-16-7-2-8-17(10-9-16)12-15(18)19/h13-14H,2-12H2,1H3,(H,18,19). The number of hydrogen-bond donors (Lipinski definition) is 1. The van der Waals surface area contributed by atoms with Crippen molar-refractivity contribution in [2.75, 3.05) is 39.3 Å². The number of nitrogens with zero attached hydrogens (tertiary/aromatic N) is 2. The monoisotopic (exact) mass is 268 g/mol. The molecule has 0 aromatic rings. The molecule has 4 nitrogen and oxygen atoms in total. The normalized spacial score (nSPS) is 31.0. The summed E-state index contributed by atoms with van der Waals surface area (Å²) >= 11 is 0. The molecule has 2 rings (SSSR count). The molecule has 0 bridgehead atoms. The second-order valence-corrected chi connectivity index (χ2v) is 6.45. The average molecular weight is 268 g/mol. The van der Waals surface area contributed by atoms with Gasteiger partial charge in [0, 0.05) is 26.2 Å². The van der Waals surface area contributed by atoms with Gasteiger partial charge in [-0.3, -0.25) is 9.69 Å². The zero-order chi connectivity index (χ0) is 13.7. The molecular weight excluding hydrogens is 240 g/mol. The highest BCUT2D eigenvalue weighted by Crippen LogP contribution is 2.28. The van der Waals surface area contributed by atoms with E-state index in [-0.39, 0.29) is 6.54 Å². The molecule has 2 aliphatic rings. The third kappa shape index (κ3) is 5.11. The lowest BCUT2D eigenvalue weighted by Crippen LogP contribution is -2.36. The zero-order valence-electron chi connectivity index (χ0n) is 12.2. The van der Waals surface area contributed by atoms with E-state index in [2.05, 4.69) is 16.7 Å². The van der Waals surface area contributed by atoms with E-state index in [4.69, 9.17) is 5.11 Å². The van der Waals surface area contributed by atoms with E-state index in [1.54, 1.807) is 0 Å². The number of carboxylic acids is 1. The highest BCUT2D eigenvalue weighted by molar-refractivity contribution is 5.69. The summed E-state index contributed by atoms with van der Waals surface area (Å²) < 4.78 is 0. The molecular formula is C15H28N2O2. The summed E-state index contributed by atoms with van der Waals surface area (Å²) in [4.78, 5) is 15.4. The summed E-state index contributed by atoms with van der Waals surface area (Å²) in [6, 6.07) is 0. The Bertz CT molecular complexity index is 288. The summed E-state index contributed by atoms with van der Waals surface area (Å²) in [6.07, 6.45) is 6.66. The van der Waals surface area contributed by atoms with E-state index >= 15 is 0 Å². The van der Waals surface area contributed by atoms with Crippen LogP contribution in [0.1, 0.15) is 39.0 Å². The predicted molar refractivity (Wildman–Crippen MR) is 76.3 cm³/mol. The Morgan fingerprint density at radius 3 is 2.37 bits per heavy atom. The zero-order valence-corrected chi connectivity index (χ0v) is 12.2. The first-order valence-electron chi connectivity index (χ1n) is 7.80.